The number of aromatic nitrogens is 3. The van der Waals surface area contributed by atoms with E-state index in [0.29, 0.717) is 16.8 Å². The minimum absolute atomic E-state index is 0.300. The van der Waals surface area contributed by atoms with Gasteiger partial charge in [0.05, 0.1) is 5.25 Å². The molecule has 1 aliphatic heterocycles. The molecule has 0 bridgehead atoms. The summed E-state index contributed by atoms with van der Waals surface area (Å²) in [5.74, 6) is 4.51. The molecule has 1 atom stereocenters. The first-order valence-corrected chi connectivity index (χ1v) is 7.96. The second-order valence-corrected chi connectivity index (χ2v) is 6.39. The second-order valence-electron chi connectivity index (χ2n) is 3.93. The van der Waals surface area contributed by atoms with Crippen LogP contribution in [0.5, 0.6) is 0 Å². The van der Waals surface area contributed by atoms with Gasteiger partial charge in [0.15, 0.2) is 5.82 Å². The van der Waals surface area contributed by atoms with Gasteiger partial charge in [0.25, 0.3) is 5.89 Å². The maximum atomic E-state index is 8.83. The number of pyridine rings is 1. The Morgan fingerprint density at radius 2 is 2.37 bits per heavy atom. The summed E-state index contributed by atoms with van der Waals surface area (Å²) in [6, 6.07) is 5.42. The predicted octanol–water partition coefficient (Wildman–Crippen LogP) is 2.52. The molecule has 1 unspecified atom stereocenters. The summed E-state index contributed by atoms with van der Waals surface area (Å²) in [4.78, 5) is 8.35. The van der Waals surface area contributed by atoms with Gasteiger partial charge < -0.3 is 4.52 Å². The number of hydrogen-bond acceptors (Lipinski definition) is 7. The number of thioether (sulfide) groups is 2. The number of hydrogen-bond donors (Lipinski definition) is 0. The lowest BCUT2D eigenvalue weighted by Crippen LogP contribution is -2.07. The van der Waals surface area contributed by atoms with E-state index in [1.54, 1.807) is 18.3 Å². The minimum atomic E-state index is 0.300. The van der Waals surface area contributed by atoms with Crippen molar-refractivity contribution in [2.45, 2.75) is 5.25 Å². The van der Waals surface area contributed by atoms with Gasteiger partial charge in [0.2, 0.25) is 0 Å². The van der Waals surface area contributed by atoms with E-state index in [9.17, 15) is 0 Å². The fraction of sp³-hybridized carbons (Fsp3) is 0.333. The molecule has 0 aromatic carbocycles. The standard InChI is InChI=1S/C12H10N4OS2/c13-6-9-5-8(1-2-14-9)12-15-11(16-17-12)10-7-18-3-4-19-10/h1-2,5,10H,3-4,7H2. The smallest absolute Gasteiger partial charge is 0.258 e. The molecule has 0 aliphatic carbocycles. The Labute approximate surface area is 118 Å². The summed E-state index contributed by atoms with van der Waals surface area (Å²) in [6.45, 7) is 0. The van der Waals surface area contributed by atoms with Gasteiger partial charge in [0, 0.05) is 29.0 Å². The predicted molar refractivity (Wildman–Crippen MR) is 74.8 cm³/mol. The molecule has 0 amide bonds. The molecular weight excluding hydrogens is 280 g/mol. The van der Waals surface area contributed by atoms with Gasteiger partial charge in [-0.3, -0.25) is 0 Å². The van der Waals surface area contributed by atoms with E-state index in [4.69, 9.17) is 9.78 Å². The van der Waals surface area contributed by atoms with Gasteiger partial charge in [-0.25, -0.2) is 4.98 Å². The molecule has 3 heterocycles. The van der Waals surface area contributed by atoms with Crippen LogP contribution in [0.2, 0.25) is 0 Å². The van der Waals surface area contributed by atoms with E-state index in [2.05, 4.69) is 15.1 Å². The number of nitriles is 1. The lowest BCUT2D eigenvalue weighted by Gasteiger charge is -2.16. The van der Waals surface area contributed by atoms with Crippen LogP contribution < -0.4 is 0 Å². The average Bonchev–Trinajstić information content (AvgIpc) is 2.98. The summed E-state index contributed by atoms with van der Waals surface area (Å²) in [5.41, 5.74) is 1.08. The van der Waals surface area contributed by atoms with Crippen molar-refractivity contribution in [1.29, 1.82) is 5.26 Å². The topological polar surface area (TPSA) is 75.6 Å². The van der Waals surface area contributed by atoms with Crippen molar-refractivity contribution in [2.75, 3.05) is 17.3 Å². The van der Waals surface area contributed by atoms with Gasteiger partial charge in [-0.2, -0.15) is 22.0 Å². The van der Waals surface area contributed by atoms with Gasteiger partial charge in [0.1, 0.15) is 11.8 Å². The maximum absolute atomic E-state index is 8.83. The summed E-state index contributed by atoms with van der Waals surface area (Å²) in [6.07, 6.45) is 1.57. The monoisotopic (exact) mass is 290 g/mol. The zero-order valence-corrected chi connectivity index (χ0v) is 11.6. The third kappa shape index (κ3) is 2.74. The van der Waals surface area contributed by atoms with E-state index in [0.717, 1.165) is 22.9 Å². The average molecular weight is 290 g/mol. The fourth-order valence-corrected chi connectivity index (χ4v) is 4.33. The molecule has 96 valence electrons. The normalized spacial score (nSPS) is 19.0. The van der Waals surface area contributed by atoms with Crippen LogP contribution in [0.1, 0.15) is 16.8 Å². The highest BCUT2D eigenvalue weighted by Crippen LogP contribution is 2.35. The molecular formula is C12H10N4OS2. The molecule has 1 fully saturated rings. The Morgan fingerprint density at radius 1 is 1.42 bits per heavy atom. The van der Waals surface area contributed by atoms with Crippen molar-refractivity contribution in [2.24, 2.45) is 0 Å². The van der Waals surface area contributed by atoms with Gasteiger partial charge >= 0.3 is 0 Å². The van der Waals surface area contributed by atoms with Gasteiger partial charge in [-0.1, -0.05) is 5.16 Å². The Hall–Kier alpha value is -1.52. The van der Waals surface area contributed by atoms with Crippen molar-refractivity contribution in [3.63, 3.8) is 0 Å². The lowest BCUT2D eigenvalue weighted by atomic mass is 10.2. The van der Waals surface area contributed by atoms with Crippen LogP contribution in [0.3, 0.4) is 0 Å². The first kappa shape index (κ1) is 12.5. The highest BCUT2D eigenvalue weighted by Gasteiger charge is 2.22. The zero-order valence-electron chi connectivity index (χ0n) is 9.94. The number of nitrogens with zero attached hydrogens (tertiary/aromatic N) is 4. The first-order chi connectivity index (χ1) is 9.36. The first-order valence-electron chi connectivity index (χ1n) is 5.76. The molecule has 0 spiro atoms. The molecule has 5 nitrogen and oxygen atoms in total. The van der Waals surface area contributed by atoms with Gasteiger partial charge in [-0.05, 0) is 12.1 Å². The molecule has 3 rings (SSSR count). The molecule has 2 aromatic rings. The third-order valence-corrected chi connectivity index (χ3v) is 5.42. The van der Waals surface area contributed by atoms with Crippen molar-refractivity contribution >= 4 is 23.5 Å². The van der Waals surface area contributed by atoms with Crippen LogP contribution in [-0.4, -0.2) is 32.4 Å². The molecule has 1 saturated heterocycles. The molecule has 0 N–H and O–H groups in total. The minimum Gasteiger partial charge on any atom is -0.334 e. The third-order valence-electron chi connectivity index (χ3n) is 2.67. The lowest BCUT2D eigenvalue weighted by molar-refractivity contribution is 0.423. The Morgan fingerprint density at radius 3 is 3.16 bits per heavy atom. The van der Waals surface area contributed by atoms with Crippen molar-refractivity contribution in [3.05, 3.63) is 29.8 Å². The largest absolute Gasteiger partial charge is 0.334 e. The molecule has 7 heteroatoms. The van der Waals surface area contributed by atoms with Crippen molar-refractivity contribution in [3.8, 4) is 17.5 Å². The Balaban J connectivity index is 1.86. The second kappa shape index (κ2) is 5.63. The highest BCUT2D eigenvalue weighted by molar-refractivity contribution is 8.06. The molecule has 0 radical (unpaired) electrons. The van der Waals surface area contributed by atoms with E-state index in [1.165, 1.54) is 5.75 Å². The SMILES string of the molecule is N#Cc1cc(-c2nc(C3CSCCS3)no2)ccn1. The Kier molecular flexibility index (Phi) is 3.71. The van der Waals surface area contributed by atoms with Gasteiger partial charge in [-0.15, -0.1) is 11.8 Å². The molecule has 2 aromatic heterocycles. The van der Waals surface area contributed by atoms with Crippen LogP contribution in [0.15, 0.2) is 22.9 Å². The van der Waals surface area contributed by atoms with Crippen molar-refractivity contribution in [1.82, 2.24) is 15.1 Å². The van der Waals surface area contributed by atoms with Crippen LogP contribution in [-0.2, 0) is 0 Å². The van der Waals surface area contributed by atoms with Crippen molar-refractivity contribution < 1.29 is 4.52 Å². The summed E-state index contributed by atoms with van der Waals surface area (Å²) < 4.78 is 5.28. The maximum Gasteiger partial charge on any atom is 0.258 e. The van der Waals surface area contributed by atoms with Crippen LogP contribution in [0, 0.1) is 11.3 Å². The summed E-state index contributed by atoms with van der Waals surface area (Å²) in [7, 11) is 0. The van der Waals surface area contributed by atoms with E-state index in [-0.39, 0.29) is 0 Å². The molecule has 0 saturated carbocycles. The highest BCUT2D eigenvalue weighted by atomic mass is 32.2. The van der Waals surface area contributed by atoms with E-state index >= 15 is 0 Å². The zero-order chi connectivity index (χ0) is 13.1. The molecule has 1 aliphatic rings. The summed E-state index contributed by atoms with van der Waals surface area (Å²) in [5, 5.41) is 13.2. The fourth-order valence-electron chi connectivity index (χ4n) is 1.74. The summed E-state index contributed by atoms with van der Waals surface area (Å²) >= 11 is 3.78. The van der Waals surface area contributed by atoms with E-state index in [1.807, 2.05) is 29.6 Å². The van der Waals surface area contributed by atoms with Crippen LogP contribution in [0.4, 0.5) is 0 Å². The van der Waals surface area contributed by atoms with E-state index < -0.39 is 0 Å². The van der Waals surface area contributed by atoms with Crippen LogP contribution >= 0.6 is 23.5 Å². The molecule has 19 heavy (non-hydrogen) atoms. The number of rotatable bonds is 2. The quantitative estimate of drug-likeness (QED) is 0.841. The van der Waals surface area contributed by atoms with Crippen LogP contribution in [0.25, 0.3) is 11.5 Å². The Bertz CT molecular complexity index is 616.